The molecule has 4 unspecified atom stereocenters. The first-order valence-electron chi connectivity index (χ1n) is 11.3. The molecule has 0 bridgehead atoms. The zero-order chi connectivity index (χ0) is 21.9. The van der Waals surface area contributed by atoms with E-state index in [9.17, 15) is 0 Å². The Morgan fingerprint density at radius 3 is 2.56 bits per heavy atom. The van der Waals surface area contributed by atoms with E-state index < -0.39 is 0 Å². The fraction of sp³-hybridized carbons (Fsp3) is 0.458. The van der Waals surface area contributed by atoms with Gasteiger partial charge in [-0.3, -0.25) is 0 Å². The fourth-order valence-electron chi connectivity index (χ4n) is 4.60. The van der Waals surface area contributed by atoms with Crippen molar-refractivity contribution >= 4 is 5.69 Å². The number of nitrogens with zero attached hydrogens (tertiary/aromatic N) is 5. The number of hydrogen-bond acceptors (Lipinski definition) is 7. The number of benzene rings is 2. The second-order valence-corrected chi connectivity index (χ2v) is 8.70. The SMILES string of the molecule is CN(C)c1ccc(-c2nnnn2C2COC3C(NCCCc4ccccc4)COC32)cc1. The van der Waals surface area contributed by atoms with Crippen LogP contribution in [0.4, 0.5) is 5.69 Å². The van der Waals surface area contributed by atoms with Crippen LogP contribution in [-0.2, 0) is 15.9 Å². The van der Waals surface area contributed by atoms with E-state index in [2.05, 4.69) is 80.3 Å². The summed E-state index contributed by atoms with van der Waals surface area (Å²) in [5.41, 5.74) is 3.49. The highest BCUT2D eigenvalue weighted by Crippen LogP contribution is 2.35. The van der Waals surface area contributed by atoms with Crippen LogP contribution >= 0.6 is 0 Å². The van der Waals surface area contributed by atoms with E-state index in [4.69, 9.17) is 9.47 Å². The maximum absolute atomic E-state index is 6.17. The number of aryl methyl sites for hydroxylation is 1. The summed E-state index contributed by atoms with van der Waals surface area (Å²) in [6, 6.07) is 19.0. The molecule has 5 rings (SSSR count). The molecule has 2 fully saturated rings. The lowest BCUT2D eigenvalue weighted by Crippen LogP contribution is -2.41. The van der Waals surface area contributed by atoms with Crippen LogP contribution in [0.25, 0.3) is 11.4 Å². The maximum atomic E-state index is 6.17. The molecule has 168 valence electrons. The van der Waals surface area contributed by atoms with Crippen LogP contribution in [0.3, 0.4) is 0 Å². The van der Waals surface area contributed by atoms with E-state index in [0.717, 1.165) is 36.5 Å². The molecule has 2 saturated heterocycles. The predicted octanol–water partition coefficient (Wildman–Crippen LogP) is 2.34. The Morgan fingerprint density at radius 2 is 1.78 bits per heavy atom. The molecular weight excluding hydrogens is 404 g/mol. The Morgan fingerprint density at radius 1 is 1.00 bits per heavy atom. The average Bonchev–Trinajstić information content (AvgIpc) is 3.54. The highest BCUT2D eigenvalue weighted by Gasteiger charge is 2.49. The lowest BCUT2D eigenvalue weighted by molar-refractivity contribution is 0.0622. The smallest absolute Gasteiger partial charge is 0.182 e. The van der Waals surface area contributed by atoms with Gasteiger partial charge in [-0.15, -0.1) is 5.10 Å². The normalized spacial score (nSPS) is 24.6. The van der Waals surface area contributed by atoms with Gasteiger partial charge in [0.1, 0.15) is 18.2 Å². The Balaban J connectivity index is 1.20. The molecule has 0 saturated carbocycles. The topological polar surface area (TPSA) is 77.3 Å². The predicted molar refractivity (Wildman–Crippen MR) is 123 cm³/mol. The largest absolute Gasteiger partial charge is 0.378 e. The van der Waals surface area contributed by atoms with Crippen LogP contribution in [0.15, 0.2) is 54.6 Å². The average molecular weight is 435 g/mol. The summed E-state index contributed by atoms with van der Waals surface area (Å²) < 4.78 is 14.2. The minimum absolute atomic E-state index is 0.0184. The van der Waals surface area contributed by atoms with Crippen molar-refractivity contribution in [2.45, 2.75) is 37.1 Å². The van der Waals surface area contributed by atoms with E-state index in [-0.39, 0.29) is 24.3 Å². The summed E-state index contributed by atoms with van der Waals surface area (Å²) in [5, 5.41) is 16.2. The third-order valence-corrected chi connectivity index (χ3v) is 6.37. The number of anilines is 1. The van der Waals surface area contributed by atoms with E-state index in [1.165, 1.54) is 5.56 Å². The number of fused-ring (bicyclic) bond motifs is 1. The standard InChI is InChI=1S/C24H30N6O2/c1-29(2)19-12-10-18(11-13-19)24-26-27-28-30(24)21-16-32-22-20(15-31-23(21)22)25-14-6-9-17-7-4-3-5-8-17/h3-5,7-8,10-13,20-23,25H,6,9,14-16H2,1-2H3. The van der Waals surface area contributed by atoms with Crippen LogP contribution in [0.2, 0.25) is 0 Å². The minimum atomic E-state index is -0.0510. The van der Waals surface area contributed by atoms with Gasteiger partial charge in [-0.2, -0.15) is 0 Å². The van der Waals surface area contributed by atoms with Gasteiger partial charge in [0.15, 0.2) is 5.82 Å². The molecule has 0 amide bonds. The number of hydrogen-bond donors (Lipinski definition) is 1. The molecule has 2 aliphatic heterocycles. The molecule has 0 spiro atoms. The van der Waals surface area contributed by atoms with Gasteiger partial charge in [-0.1, -0.05) is 30.3 Å². The van der Waals surface area contributed by atoms with Gasteiger partial charge in [0.2, 0.25) is 0 Å². The lowest BCUT2D eigenvalue weighted by Gasteiger charge is -2.18. The quantitative estimate of drug-likeness (QED) is 0.545. The number of nitrogens with one attached hydrogen (secondary N) is 1. The van der Waals surface area contributed by atoms with Gasteiger partial charge in [0, 0.05) is 25.3 Å². The van der Waals surface area contributed by atoms with Crippen molar-refractivity contribution in [3.8, 4) is 11.4 Å². The number of aromatic nitrogens is 4. The van der Waals surface area contributed by atoms with Crippen LogP contribution in [0.1, 0.15) is 18.0 Å². The van der Waals surface area contributed by atoms with E-state index in [1.807, 2.05) is 18.8 Å². The summed E-state index contributed by atoms with van der Waals surface area (Å²) >= 11 is 0. The Labute approximate surface area is 188 Å². The lowest BCUT2D eigenvalue weighted by atomic mass is 10.1. The van der Waals surface area contributed by atoms with E-state index in [0.29, 0.717) is 13.2 Å². The molecule has 8 nitrogen and oxygen atoms in total. The molecular formula is C24H30N6O2. The third kappa shape index (κ3) is 4.26. The van der Waals surface area contributed by atoms with E-state index >= 15 is 0 Å². The highest BCUT2D eigenvalue weighted by molar-refractivity contribution is 5.60. The van der Waals surface area contributed by atoms with Crippen molar-refractivity contribution in [1.82, 2.24) is 25.5 Å². The Kier molecular flexibility index (Phi) is 6.16. The fourth-order valence-corrected chi connectivity index (χ4v) is 4.60. The van der Waals surface area contributed by atoms with Crippen molar-refractivity contribution < 1.29 is 9.47 Å². The van der Waals surface area contributed by atoms with Gasteiger partial charge in [0.25, 0.3) is 0 Å². The molecule has 1 aromatic heterocycles. The van der Waals surface area contributed by atoms with Gasteiger partial charge >= 0.3 is 0 Å². The summed E-state index contributed by atoms with van der Waals surface area (Å²) in [6.45, 7) is 2.13. The molecule has 2 aromatic carbocycles. The van der Waals surface area contributed by atoms with Crippen LogP contribution in [0, 0.1) is 0 Å². The summed E-state index contributed by atoms with van der Waals surface area (Å²) in [4.78, 5) is 2.07. The molecule has 3 aromatic rings. The molecule has 1 N–H and O–H groups in total. The van der Waals surface area contributed by atoms with E-state index in [1.54, 1.807) is 0 Å². The molecule has 0 aliphatic carbocycles. The van der Waals surface area contributed by atoms with Crippen LogP contribution in [0.5, 0.6) is 0 Å². The number of tetrazole rings is 1. The summed E-state index contributed by atoms with van der Waals surface area (Å²) in [7, 11) is 4.05. The summed E-state index contributed by atoms with van der Waals surface area (Å²) in [6.07, 6.45) is 2.12. The Hall–Kier alpha value is -2.81. The maximum Gasteiger partial charge on any atom is 0.182 e. The highest BCUT2D eigenvalue weighted by atomic mass is 16.6. The molecule has 4 atom stereocenters. The van der Waals surface area contributed by atoms with Gasteiger partial charge in [-0.25, -0.2) is 4.68 Å². The molecule has 3 heterocycles. The first-order valence-corrected chi connectivity index (χ1v) is 11.3. The second kappa shape index (κ2) is 9.36. The Bertz CT molecular complexity index is 1010. The van der Waals surface area contributed by atoms with Gasteiger partial charge in [0.05, 0.1) is 19.3 Å². The molecule has 0 radical (unpaired) electrons. The third-order valence-electron chi connectivity index (χ3n) is 6.37. The first-order chi connectivity index (χ1) is 15.7. The van der Waals surface area contributed by atoms with Crippen molar-refractivity contribution in [2.75, 3.05) is 38.8 Å². The first kappa shape index (κ1) is 21.1. The van der Waals surface area contributed by atoms with Crippen LogP contribution in [-0.4, -0.2) is 72.3 Å². The van der Waals surface area contributed by atoms with Crippen molar-refractivity contribution in [2.24, 2.45) is 0 Å². The zero-order valence-corrected chi connectivity index (χ0v) is 18.6. The van der Waals surface area contributed by atoms with Gasteiger partial charge in [-0.05, 0) is 59.6 Å². The van der Waals surface area contributed by atoms with Crippen molar-refractivity contribution in [1.29, 1.82) is 0 Å². The minimum Gasteiger partial charge on any atom is -0.378 e. The second-order valence-electron chi connectivity index (χ2n) is 8.70. The van der Waals surface area contributed by atoms with Gasteiger partial charge < -0.3 is 19.7 Å². The number of rotatable bonds is 8. The van der Waals surface area contributed by atoms with Crippen LogP contribution < -0.4 is 10.2 Å². The van der Waals surface area contributed by atoms with Crippen molar-refractivity contribution in [3.05, 3.63) is 60.2 Å². The molecule has 8 heteroatoms. The zero-order valence-electron chi connectivity index (χ0n) is 18.6. The van der Waals surface area contributed by atoms with Crippen molar-refractivity contribution in [3.63, 3.8) is 0 Å². The molecule has 32 heavy (non-hydrogen) atoms. The molecule has 2 aliphatic rings. The monoisotopic (exact) mass is 434 g/mol. The number of ether oxygens (including phenoxy) is 2. The summed E-state index contributed by atoms with van der Waals surface area (Å²) in [5.74, 6) is 0.743.